The minimum Gasteiger partial charge on any atom is -0.493 e. The van der Waals surface area contributed by atoms with Crippen LogP contribution in [-0.4, -0.2) is 33.8 Å². The van der Waals surface area contributed by atoms with Gasteiger partial charge in [0.25, 0.3) is 5.91 Å². The number of nitrogens with one attached hydrogen (secondary N) is 1. The van der Waals surface area contributed by atoms with Gasteiger partial charge >= 0.3 is 0 Å². The fourth-order valence-corrected chi connectivity index (χ4v) is 2.56. The fourth-order valence-electron chi connectivity index (χ4n) is 2.27. The largest absolute Gasteiger partial charge is 0.493 e. The molecule has 2 rings (SSSR count). The molecule has 0 unspecified atom stereocenters. The van der Waals surface area contributed by atoms with E-state index < -0.39 is 0 Å². The zero-order valence-electron chi connectivity index (χ0n) is 14.5. The molecular weight excluding hydrogens is 346 g/mol. The van der Waals surface area contributed by atoms with Crippen LogP contribution in [0.1, 0.15) is 17.3 Å². The number of amides is 1. The van der Waals surface area contributed by atoms with Gasteiger partial charge < -0.3 is 24.3 Å². The highest BCUT2D eigenvalue weighted by Crippen LogP contribution is 2.36. The minimum absolute atomic E-state index is 0.288. The van der Waals surface area contributed by atoms with E-state index in [0.717, 1.165) is 0 Å². The molecule has 0 aliphatic heterocycles. The van der Waals surface area contributed by atoms with Gasteiger partial charge in [0.05, 0.1) is 33.0 Å². The van der Waals surface area contributed by atoms with Gasteiger partial charge in [0, 0.05) is 17.3 Å². The molecule has 0 saturated carbocycles. The lowest BCUT2D eigenvalue weighted by Gasteiger charge is -2.13. The van der Waals surface area contributed by atoms with Gasteiger partial charge in [-0.1, -0.05) is 11.6 Å². The molecule has 0 fully saturated rings. The third-order valence-corrected chi connectivity index (χ3v) is 3.70. The highest BCUT2D eigenvalue weighted by molar-refractivity contribution is 6.32. The van der Waals surface area contributed by atoms with Crippen molar-refractivity contribution < 1.29 is 23.7 Å². The summed E-state index contributed by atoms with van der Waals surface area (Å²) in [7, 11) is 4.50. The second kappa shape index (κ2) is 8.48. The molecular formula is C18H20ClNO5. The summed E-state index contributed by atoms with van der Waals surface area (Å²) in [5.74, 6) is 1.56. The van der Waals surface area contributed by atoms with E-state index in [9.17, 15) is 4.79 Å². The second-order valence-corrected chi connectivity index (χ2v) is 5.35. The Morgan fingerprint density at radius 2 is 1.72 bits per heavy atom. The summed E-state index contributed by atoms with van der Waals surface area (Å²) in [6.45, 7) is 2.40. The molecule has 2 aromatic rings. The third-order valence-electron chi connectivity index (χ3n) is 3.42. The van der Waals surface area contributed by atoms with Crippen molar-refractivity contribution in [2.75, 3.05) is 33.3 Å². The highest BCUT2D eigenvalue weighted by atomic mass is 35.5. The Balaban J connectivity index is 2.26. The maximum absolute atomic E-state index is 12.5. The van der Waals surface area contributed by atoms with E-state index in [-0.39, 0.29) is 10.9 Å². The van der Waals surface area contributed by atoms with Gasteiger partial charge in [-0.25, -0.2) is 0 Å². The molecule has 0 radical (unpaired) electrons. The van der Waals surface area contributed by atoms with E-state index in [2.05, 4.69) is 5.32 Å². The summed E-state index contributed by atoms with van der Waals surface area (Å²) in [5.41, 5.74) is 0.909. The van der Waals surface area contributed by atoms with Crippen LogP contribution in [0.2, 0.25) is 5.02 Å². The van der Waals surface area contributed by atoms with Crippen LogP contribution in [0.15, 0.2) is 30.3 Å². The topological polar surface area (TPSA) is 66.0 Å². The van der Waals surface area contributed by atoms with Crippen molar-refractivity contribution in [3.8, 4) is 23.0 Å². The first-order valence-electron chi connectivity index (χ1n) is 7.57. The summed E-state index contributed by atoms with van der Waals surface area (Å²) in [6, 6.07) is 8.23. The van der Waals surface area contributed by atoms with Gasteiger partial charge in [-0.15, -0.1) is 0 Å². The molecule has 0 atom stereocenters. The average molecular weight is 366 g/mol. The minimum atomic E-state index is -0.339. The van der Waals surface area contributed by atoms with E-state index >= 15 is 0 Å². The number of anilines is 1. The SMILES string of the molecule is CCOc1ccc(NC(=O)c2cc(Cl)c(OC)c(OC)c2)cc1OC. The van der Waals surface area contributed by atoms with Crippen molar-refractivity contribution in [2.24, 2.45) is 0 Å². The Morgan fingerprint density at radius 3 is 2.32 bits per heavy atom. The van der Waals surface area contributed by atoms with Crippen molar-refractivity contribution in [1.29, 1.82) is 0 Å². The number of carbonyl (C=O) groups is 1. The quantitative estimate of drug-likeness (QED) is 0.802. The van der Waals surface area contributed by atoms with Crippen molar-refractivity contribution in [3.63, 3.8) is 0 Å². The number of hydrogen-bond donors (Lipinski definition) is 1. The van der Waals surface area contributed by atoms with Crippen molar-refractivity contribution >= 4 is 23.2 Å². The predicted molar refractivity (Wildman–Crippen MR) is 96.7 cm³/mol. The molecule has 0 saturated heterocycles. The molecule has 1 amide bonds. The molecule has 0 bridgehead atoms. The monoisotopic (exact) mass is 365 g/mol. The standard InChI is InChI=1S/C18H20ClNO5/c1-5-25-14-7-6-12(10-15(14)22-2)20-18(21)11-8-13(19)17(24-4)16(9-11)23-3/h6-10H,5H2,1-4H3,(H,20,21). The first kappa shape index (κ1) is 18.7. The summed E-state index contributed by atoms with van der Waals surface area (Å²) in [6.07, 6.45) is 0. The number of halogens is 1. The predicted octanol–water partition coefficient (Wildman–Crippen LogP) is 4.02. The fraction of sp³-hybridized carbons (Fsp3) is 0.278. The summed E-state index contributed by atoms with van der Waals surface area (Å²) in [5, 5.41) is 3.08. The zero-order valence-corrected chi connectivity index (χ0v) is 15.3. The van der Waals surface area contributed by atoms with Crippen LogP contribution in [-0.2, 0) is 0 Å². The van der Waals surface area contributed by atoms with Crippen LogP contribution in [0.5, 0.6) is 23.0 Å². The Morgan fingerprint density at radius 1 is 1.00 bits per heavy atom. The first-order valence-corrected chi connectivity index (χ1v) is 7.95. The van der Waals surface area contributed by atoms with Gasteiger partial charge in [0.2, 0.25) is 0 Å². The van der Waals surface area contributed by atoms with Gasteiger partial charge in [0.1, 0.15) is 0 Å². The molecule has 0 aliphatic carbocycles. The van der Waals surface area contributed by atoms with E-state index in [0.29, 0.717) is 40.9 Å². The normalized spacial score (nSPS) is 10.1. The van der Waals surface area contributed by atoms with E-state index in [1.54, 1.807) is 24.3 Å². The smallest absolute Gasteiger partial charge is 0.255 e. The Labute approximate surface area is 151 Å². The first-order chi connectivity index (χ1) is 12.0. The van der Waals surface area contributed by atoms with Gasteiger partial charge in [0.15, 0.2) is 23.0 Å². The number of methoxy groups -OCH3 is 3. The van der Waals surface area contributed by atoms with Crippen LogP contribution < -0.4 is 24.3 Å². The molecule has 25 heavy (non-hydrogen) atoms. The molecule has 0 heterocycles. The van der Waals surface area contributed by atoms with Gasteiger partial charge in [-0.2, -0.15) is 0 Å². The van der Waals surface area contributed by atoms with Crippen LogP contribution in [0.25, 0.3) is 0 Å². The lowest BCUT2D eigenvalue weighted by molar-refractivity contribution is 0.102. The molecule has 0 spiro atoms. The summed E-state index contributed by atoms with van der Waals surface area (Å²) < 4.78 is 21.1. The number of rotatable bonds is 7. The average Bonchev–Trinajstić information content (AvgIpc) is 2.62. The number of benzene rings is 2. The lowest BCUT2D eigenvalue weighted by Crippen LogP contribution is -2.12. The Hall–Kier alpha value is -2.60. The van der Waals surface area contributed by atoms with Crippen LogP contribution in [0.3, 0.4) is 0 Å². The number of ether oxygens (including phenoxy) is 4. The second-order valence-electron chi connectivity index (χ2n) is 4.95. The van der Waals surface area contributed by atoms with Crippen LogP contribution in [0, 0.1) is 0 Å². The molecule has 0 aliphatic rings. The third kappa shape index (κ3) is 4.28. The van der Waals surface area contributed by atoms with Crippen molar-refractivity contribution in [2.45, 2.75) is 6.92 Å². The van der Waals surface area contributed by atoms with E-state index in [4.69, 9.17) is 30.5 Å². The molecule has 1 N–H and O–H groups in total. The number of carbonyl (C=O) groups excluding carboxylic acids is 1. The van der Waals surface area contributed by atoms with Crippen molar-refractivity contribution in [3.05, 3.63) is 40.9 Å². The lowest BCUT2D eigenvalue weighted by atomic mass is 10.1. The molecule has 134 valence electrons. The highest BCUT2D eigenvalue weighted by Gasteiger charge is 2.16. The van der Waals surface area contributed by atoms with Crippen LogP contribution >= 0.6 is 11.6 Å². The molecule has 6 nitrogen and oxygen atoms in total. The molecule has 7 heteroatoms. The van der Waals surface area contributed by atoms with Crippen molar-refractivity contribution in [1.82, 2.24) is 0 Å². The maximum atomic E-state index is 12.5. The Kier molecular flexibility index (Phi) is 6.36. The maximum Gasteiger partial charge on any atom is 0.255 e. The zero-order chi connectivity index (χ0) is 18.4. The van der Waals surface area contributed by atoms with Crippen LogP contribution in [0.4, 0.5) is 5.69 Å². The van der Waals surface area contributed by atoms with E-state index in [1.165, 1.54) is 27.4 Å². The molecule has 0 aromatic heterocycles. The summed E-state index contributed by atoms with van der Waals surface area (Å²) in [4.78, 5) is 12.5. The van der Waals surface area contributed by atoms with E-state index in [1.807, 2.05) is 6.92 Å². The Bertz CT molecular complexity index is 763. The van der Waals surface area contributed by atoms with Gasteiger partial charge in [-0.05, 0) is 31.2 Å². The summed E-state index contributed by atoms with van der Waals surface area (Å²) >= 11 is 6.14. The number of hydrogen-bond acceptors (Lipinski definition) is 5. The van der Waals surface area contributed by atoms with Gasteiger partial charge in [-0.3, -0.25) is 4.79 Å². The molecule has 2 aromatic carbocycles.